The van der Waals surface area contributed by atoms with E-state index in [4.69, 9.17) is 9.47 Å². The lowest BCUT2D eigenvalue weighted by atomic mass is 10.1. The van der Waals surface area contributed by atoms with Gasteiger partial charge in [-0.3, -0.25) is 4.79 Å². The molecule has 0 saturated heterocycles. The molecule has 0 aromatic heterocycles. The summed E-state index contributed by atoms with van der Waals surface area (Å²) in [6.07, 6.45) is 5.13. The number of carbonyl (C=O) groups excluding carboxylic acids is 1. The Morgan fingerprint density at radius 2 is 1.78 bits per heavy atom. The zero-order valence-electron chi connectivity index (χ0n) is 16.1. The van der Waals surface area contributed by atoms with E-state index in [1.54, 1.807) is 13.2 Å². The summed E-state index contributed by atoms with van der Waals surface area (Å²) >= 11 is 0. The maximum atomic E-state index is 12.0. The predicted octanol–water partition coefficient (Wildman–Crippen LogP) is 4.55. The molecule has 0 saturated carbocycles. The molecular weight excluding hydrogens is 338 g/mol. The molecule has 142 valence electrons. The second kappa shape index (κ2) is 11.0. The number of rotatable bonds is 9. The van der Waals surface area contributed by atoms with Crippen molar-refractivity contribution in [3.8, 4) is 5.75 Å². The summed E-state index contributed by atoms with van der Waals surface area (Å²) in [5.41, 5.74) is 3.20. The van der Waals surface area contributed by atoms with Crippen LogP contribution in [0.2, 0.25) is 0 Å². The van der Waals surface area contributed by atoms with Crippen LogP contribution in [-0.4, -0.2) is 26.2 Å². The molecule has 0 fully saturated rings. The molecule has 1 atom stereocenters. The lowest BCUT2D eigenvalue weighted by Gasteiger charge is -2.16. The van der Waals surface area contributed by atoms with Crippen molar-refractivity contribution in [3.05, 3.63) is 83.4 Å². The summed E-state index contributed by atoms with van der Waals surface area (Å²) in [5.74, 6) is 0.656. The van der Waals surface area contributed by atoms with Gasteiger partial charge in [0.2, 0.25) is 5.91 Å². The molecule has 0 bridgehead atoms. The van der Waals surface area contributed by atoms with Crippen molar-refractivity contribution >= 4 is 12.0 Å². The van der Waals surface area contributed by atoms with Crippen molar-refractivity contribution in [3.63, 3.8) is 0 Å². The molecule has 1 unspecified atom stereocenters. The van der Waals surface area contributed by atoms with Crippen LogP contribution in [0.25, 0.3) is 6.08 Å². The van der Waals surface area contributed by atoms with Gasteiger partial charge in [-0.05, 0) is 49.3 Å². The molecule has 0 spiro atoms. The molecule has 0 radical (unpaired) electrons. The number of hydrogen-bond donors (Lipinski definition) is 1. The van der Waals surface area contributed by atoms with Crippen LogP contribution in [-0.2, 0) is 9.53 Å². The minimum absolute atomic E-state index is 0.150. The van der Waals surface area contributed by atoms with E-state index in [1.807, 2.05) is 74.5 Å². The molecule has 4 nitrogen and oxygen atoms in total. The molecule has 0 aliphatic rings. The third-order valence-corrected chi connectivity index (χ3v) is 3.97. The number of nitrogens with one attached hydrogen (secondary N) is 1. The standard InChI is InChI=1S/C23H27NO3/c1-18(2)15-16-27-21-12-10-20(11-13-21)22(26-3)17-24-23(25)14-9-19-7-5-4-6-8-19/h4-15,22H,16-17H2,1-3H3,(H,24,25)/b14-9+. The number of hydrogen-bond acceptors (Lipinski definition) is 3. The van der Waals surface area contributed by atoms with Crippen molar-refractivity contribution in [1.82, 2.24) is 5.32 Å². The molecule has 2 rings (SSSR count). The highest BCUT2D eigenvalue weighted by molar-refractivity contribution is 5.91. The van der Waals surface area contributed by atoms with Gasteiger partial charge in [0.1, 0.15) is 12.4 Å². The Kier molecular flexibility index (Phi) is 8.33. The fourth-order valence-electron chi connectivity index (χ4n) is 2.41. The number of amides is 1. The molecule has 0 aliphatic carbocycles. The number of carbonyl (C=O) groups is 1. The minimum Gasteiger partial charge on any atom is -0.490 e. The molecule has 1 amide bonds. The van der Waals surface area contributed by atoms with E-state index in [0.29, 0.717) is 13.2 Å². The van der Waals surface area contributed by atoms with Gasteiger partial charge in [-0.1, -0.05) is 48.0 Å². The second-order valence-corrected chi connectivity index (χ2v) is 6.38. The van der Waals surface area contributed by atoms with Crippen LogP contribution in [0.3, 0.4) is 0 Å². The van der Waals surface area contributed by atoms with Gasteiger partial charge in [0.05, 0.1) is 6.10 Å². The molecule has 2 aromatic carbocycles. The summed E-state index contributed by atoms with van der Waals surface area (Å²) in [4.78, 5) is 12.0. The lowest BCUT2D eigenvalue weighted by Crippen LogP contribution is -2.27. The zero-order chi connectivity index (χ0) is 19.5. The fraction of sp³-hybridized carbons (Fsp3) is 0.261. The Balaban J connectivity index is 1.86. The first-order valence-electron chi connectivity index (χ1n) is 8.98. The normalized spacial score (nSPS) is 11.8. The summed E-state index contributed by atoms with van der Waals surface area (Å²) in [7, 11) is 1.63. The van der Waals surface area contributed by atoms with Crippen molar-refractivity contribution < 1.29 is 14.3 Å². The minimum atomic E-state index is -0.217. The quantitative estimate of drug-likeness (QED) is 0.524. The van der Waals surface area contributed by atoms with Gasteiger partial charge in [0.25, 0.3) is 0 Å². The molecule has 4 heteroatoms. The lowest BCUT2D eigenvalue weighted by molar-refractivity contribution is -0.117. The second-order valence-electron chi connectivity index (χ2n) is 6.38. The fourth-order valence-corrected chi connectivity index (χ4v) is 2.41. The summed E-state index contributed by atoms with van der Waals surface area (Å²) in [6.45, 7) is 5.03. The highest BCUT2D eigenvalue weighted by atomic mass is 16.5. The topological polar surface area (TPSA) is 47.6 Å². The van der Waals surface area contributed by atoms with E-state index in [1.165, 1.54) is 11.6 Å². The largest absolute Gasteiger partial charge is 0.490 e. The maximum absolute atomic E-state index is 12.0. The molecule has 0 aliphatic heterocycles. The predicted molar refractivity (Wildman–Crippen MR) is 110 cm³/mol. The zero-order valence-corrected chi connectivity index (χ0v) is 16.1. The van der Waals surface area contributed by atoms with Crippen molar-refractivity contribution in [2.24, 2.45) is 0 Å². The Bertz CT molecular complexity index is 760. The Labute approximate surface area is 161 Å². The van der Waals surface area contributed by atoms with E-state index in [9.17, 15) is 4.79 Å². The van der Waals surface area contributed by atoms with E-state index in [0.717, 1.165) is 16.9 Å². The van der Waals surface area contributed by atoms with Gasteiger partial charge in [-0.2, -0.15) is 0 Å². The number of benzene rings is 2. The van der Waals surface area contributed by atoms with Crippen LogP contribution in [0.1, 0.15) is 31.1 Å². The van der Waals surface area contributed by atoms with Gasteiger partial charge < -0.3 is 14.8 Å². The average molecular weight is 365 g/mol. The first kappa shape index (κ1) is 20.5. The number of allylic oxidation sites excluding steroid dienone is 1. The number of methoxy groups -OCH3 is 1. The summed E-state index contributed by atoms with van der Waals surface area (Å²) < 4.78 is 11.2. The van der Waals surface area contributed by atoms with Gasteiger partial charge in [-0.15, -0.1) is 0 Å². The summed E-state index contributed by atoms with van der Waals surface area (Å²) in [6, 6.07) is 17.5. The molecule has 1 N–H and O–H groups in total. The third kappa shape index (κ3) is 7.50. The SMILES string of the molecule is COC(CNC(=O)/C=C/c1ccccc1)c1ccc(OCC=C(C)C)cc1. The molecule has 0 heterocycles. The Morgan fingerprint density at radius 3 is 2.41 bits per heavy atom. The molecular formula is C23H27NO3. The van der Waals surface area contributed by atoms with Crippen LogP contribution >= 0.6 is 0 Å². The van der Waals surface area contributed by atoms with Crippen LogP contribution in [0.4, 0.5) is 0 Å². The highest BCUT2D eigenvalue weighted by Crippen LogP contribution is 2.20. The summed E-state index contributed by atoms with van der Waals surface area (Å²) in [5, 5.41) is 2.87. The van der Waals surface area contributed by atoms with Gasteiger partial charge in [0.15, 0.2) is 0 Å². The Morgan fingerprint density at radius 1 is 1.07 bits per heavy atom. The average Bonchev–Trinajstić information content (AvgIpc) is 2.68. The highest BCUT2D eigenvalue weighted by Gasteiger charge is 2.11. The van der Waals surface area contributed by atoms with Crippen molar-refractivity contribution in [2.75, 3.05) is 20.3 Å². The number of ether oxygens (including phenoxy) is 2. The first-order valence-corrected chi connectivity index (χ1v) is 8.98. The Hall–Kier alpha value is -2.85. The van der Waals surface area contributed by atoms with E-state index >= 15 is 0 Å². The van der Waals surface area contributed by atoms with Crippen LogP contribution in [0.5, 0.6) is 5.75 Å². The smallest absolute Gasteiger partial charge is 0.244 e. The van der Waals surface area contributed by atoms with Crippen LogP contribution in [0.15, 0.2) is 72.3 Å². The first-order chi connectivity index (χ1) is 13.1. The van der Waals surface area contributed by atoms with Crippen molar-refractivity contribution in [1.29, 1.82) is 0 Å². The van der Waals surface area contributed by atoms with E-state index < -0.39 is 0 Å². The molecule has 2 aromatic rings. The van der Waals surface area contributed by atoms with E-state index in [2.05, 4.69) is 5.32 Å². The monoisotopic (exact) mass is 365 g/mol. The third-order valence-electron chi connectivity index (χ3n) is 3.97. The van der Waals surface area contributed by atoms with Gasteiger partial charge >= 0.3 is 0 Å². The van der Waals surface area contributed by atoms with Gasteiger partial charge in [-0.25, -0.2) is 0 Å². The van der Waals surface area contributed by atoms with E-state index in [-0.39, 0.29) is 12.0 Å². The van der Waals surface area contributed by atoms with Crippen molar-refractivity contribution in [2.45, 2.75) is 20.0 Å². The van der Waals surface area contributed by atoms with Crippen LogP contribution < -0.4 is 10.1 Å². The van der Waals surface area contributed by atoms with Gasteiger partial charge in [0, 0.05) is 19.7 Å². The van der Waals surface area contributed by atoms with Crippen LogP contribution in [0, 0.1) is 0 Å². The molecule has 27 heavy (non-hydrogen) atoms. The maximum Gasteiger partial charge on any atom is 0.244 e.